The Balaban J connectivity index is 0.000000461. The van der Waals surface area contributed by atoms with Crippen molar-refractivity contribution in [1.29, 1.82) is 0 Å². The van der Waals surface area contributed by atoms with Crippen LogP contribution in [0.1, 0.15) is 13.8 Å². The number of aromatic hydroxyl groups is 2. The van der Waals surface area contributed by atoms with Gasteiger partial charge in [-0.3, -0.25) is 0 Å². The van der Waals surface area contributed by atoms with Crippen LogP contribution in [0.4, 0.5) is 0 Å². The second-order valence-electron chi connectivity index (χ2n) is 2.69. The van der Waals surface area contributed by atoms with E-state index in [4.69, 9.17) is 5.11 Å². The lowest BCUT2D eigenvalue weighted by Crippen LogP contribution is -1.73. The van der Waals surface area contributed by atoms with Crippen molar-refractivity contribution in [2.75, 3.05) is 0 Å². The summed E-state index contributed by atoms with van der Waals surface area (Å²) in [5, 5.41) is 20.1. The standard InChI is InChI=1S/C10H8O2.C2H6/c11-8-5-7-3-1-2-4-9(7)10(12)6-8;1-2/h1-6,11-12H;1-2H3. The normalized spacial score (nSPS) is 9.29. The Hall–Kier alpha value is -1.70. The lowest BCUT2D eigenvalue weighted by molar-refractivity contribution is 0.455. The lowest BCUT2D eigenvalue weighted by Gasteiger charge is -2.00. The zero-order valence-corrected chi connectivity index (χ0v) is 8.36. The first-order valence-electron chi connectivity index (χ1n) is 4.68. The molecule has 0 aliphatic heterocycles. The van der Waals surface area contributed by atoms with Crippen molar-refractivity contribution in [3.8, 4) is 11.5 Å². The topological polar surface area (TPSA) is 40.5 Å². The Labute approximate surface area is 83.4 Å². The molecule has 0 fully saturated rings. The van der Waals surface area contributed by atoms with Crippen molar-refractivity contribution < 1.29 is 10.2 Å². The molecular formula is C12H14O2. The van der Waals surface area contributed by atoms with E-state index in [-0.39, 0.29) is 11.5 Å². The minimum absolute atomic E-state index is 0.0891. The summed E-state index contributed by atoms with van der Waals surface area (Å²) in [7, 11) is 0. The molecule has 2 aromatic rings. The summed E-state index contributed by atoms with van der Waals surface area (Å²) in [5.41, 5.74) is 0. The Morgan fingerprint density at radius 2 is 1.57 bits per heavy atom. The number of phenols is 2. The number of fused-ring (bicyclic) bond motifs is 1. The van der Waals surface area contributed by atoms with Crippen LogP contribution in [0.5, 0.6) is 11.5 Å². The molecule has 2 N–H and O–H groups in total. The van der Waals surface area contributed by atoms with Crippen molar-refractivity contribution in [3.05, 3.63) is 36.4 Å². The molecule has 74 valence electrons. The highest BCUT2D eigenvalue weighted by atomic mass is 16.3. The lowest BCUT2D eigenvalue weighted by atomic mass is 10.1. The highest BCUT2D eigenvalue weighted by molar-refractivity contribution is 5.89. The highest BCUT2D eigenvalue weighted by Gasteiger charge is 1.99. The number of hydrogen-bond donors (Lipinski definition) is 2. The molecule has 0 bridgehead atoms. The van der Waals surface area contributed by atoms with Crippen LogP contribution < -0.4 is 0 Å². The molecule has 0 saturated carbocycles. The van der Waals surface area contributed by atoms with Gasteiger partial charge < -0.3 is 10.2 Å². The molecular weight excluding hydrogens is 176 g/mol. The molecule has 0 aliphatic rings. The van der Waals surface area contributed by atoms with E-state index < -0.39 is 0 Å². The van der Waals surface area contributed by atoms with E-state index in [2.05, 4.69) is 0 Å². The van der Waals surface area contributed by atoms with Crippen molar-refractivity contribution in [2.24, 2.45) is 0 Å². The van der Waals surface area contributed by atoms with Crippen LogP contribution in [0.25, 0.3) is 10.8 Å². The minimum Gasteiger partial charge on any atom is -0.508 e. The van der Waals surface area contributed by atoms with Gasteiger partial charge in [0, 0.05) is 11.5 Å². The molecule has 2 nitrogen and oxygen atoms in total. The zero-order chi connectivity index (χ0) is 10.6. The van der Waals surface area contributed by atoms with Crippen molar-refractivity contribution >= 4 is 10.8 Å². The summed E-state index contributed by atoms with van der Waals surface area (Å²) in [4.78, 5) is 0. The first kappa shape index (κ1) is 10.4. The van der Waals surface area contributed by atoms with Gasteiger partial charge in [-0.1, -0.05) is 38.1 Å². The number of hydrogen-bond acceptors (Lipinski definition) is 2. The number of benzene rings is 2. The van der Waals surface area contributed by atoms with Crippen molar-refractivity contribution in [2.45, 2.75) is 13.8 Å². The molecule has 14 heavy (non-hydrogen) atoms. The van der Waals surface area contributed by atoms with Gasteiger partial charge in [0.05, 0.1) is 0 Å². The van der Waals surface area contributed by atoms with E-state index in [1.54, 1.807) is 6.07 Å². The number of phenolic OH excluding ortho intramolecular Hbond substituents is 2. The maximum atomic E-state index is 9.39. The van der Waals surface area contributed by atoms with E-state index in [0.717, 1.165) is 10.8 Å². The molecule has 2 aromatic carbocycles. The Morgan fingerprint density at radius 3 is 2.29 bits per heavy atom. The van der Waals surface area contributed by atoms with E-state index in [0.29, 0.717) is 0 Å². The monoisotopic (exact) mass is 190 g/mol. The number of rotatable bonds is 0. The third-order valence-electron chi connectivity index (χ3n) is 1.82. The maximum Gasteiger partial charge on any atom is 0.127 e. The SMILES string of the molecule is CC.Oc1cc(O)c2ccccc2c1. The van der Waals surface area contributed by atoms with Gasteiger partial charge in [0.1, 0.15) is 11.5 Å². The van der Waals surface area contributed by atoms with E-state index in [1.807, 2.05) is 38.1 Å². The summed E-state index contributed by atoms with van der Waals surface area (Å²) in [5.74, 6) is 0.205. The van der Waals surface area contributed by atoms with E-state index in [1.165, 1.54) is 6.07 Å². The third kappa shape index (κ3) is 1.96. The molecule has 0 atom stereocenters. The fourth-order valence-electron chi connectivity index (χ4n) is 1.27. The molecule has 0 heterocycles. The first-order chi connectivity index (χ1) is 6.77. The molecule has 0 spiro atoms. The maximum absolute atomic E-state index is 9.39. The highest BCUT2D eigenvalue weighted by Crippen LogP contribution is 2.28. The average molecular weight is 190 g/mol. The first-order valence-corrected chi connectivity index (χ1v) is 4.68. The quantitative estimate of drug-likeness (QED) is 0.669. The van der Waals surface area contributed by atoms with Crippen LogP contribution in [0.2, 0.25) is 0 Å². The molecule has 0 saturated heterocycles. The van der Waals surface area contributed by atoms with Crippen LogP contribution in [-0.2, 0) is 0 Å². The Bertz CT molecular complexity index is 422. The molecule has 0 unspecified atom stereocenters. The Morgan fingerprint density at radius 1 is 0.929 bits per heavy atom. The molecule has 2 rings (SSSR count). The van der Waals surface area contributed by atoms with Gasteiger partial charge in [-0.15, -0.1) is 0 Å². The molecule has 2 heteroatoms. The summed E-state index contributed by atoms with van der Waals surface area (Å²) in [6.07, 6.45) is 0. The fourth-order valence-corrected chi connectivity index (χ4v) is 1.27. The molecule has 0 aliphatic carbocycles. The van der Waals surface area contributed by atoms with Crippen molar-refractivity contribution in [1.82, 2.24) is 0 Å². The summed E-state index contributed by atoms with van der Waals surface area (Å²) in [6, 6.07) is 10.3. The Kier molecular flexibility index (Phi) is 3.35. The predicted octanol–water partition coefficient (Wildman–Crippen LogP) is 3.28. The second-order valence-corrected chi connectivity index (χ2v) is 2.69. The van der Waals surface area contributed by atoms with Gasteiger partial charge >= 0.3 is 0 Å². The van der Waals surface area contributed by atoms with E-state index >= 15 is 0 Å². The van der Waals surface area contributed by atoms with Gasteiger partial charge in [0.15, 0.2) is 0 Å². The predicted molar refractivity (Wildman–Crippen MR) is 58.6 cm³/mol. The van der Waals surface area contributed by atoms with Gasteiger partial charge in [0.2, 0.25) is 0 Å². The average Bonchev–Trinajstić information content (AvgIpc) is 2.20. The van der Waals surface area contributed by atoms with Gasteiger partial charge in [-0.2, -0.15) is 0 Å². The van der Waals surface area contributed by atoms with Crippen LogP contribution in [-0.4, -0.2) is 10.2 Å². The van der Waals surface area contributed by atoms with Crippen LogP contribution in [0.3, 0.4) is 0 Å². The van der Waals surface area contributed by atoms with Gasteiger partial charge in [-0.25, -0.2) is 0 Å². The van der Waals surface area contributed by atoms with Crippen LogP contribution in [0.15, 0.2) is 36.4 Å². The van der Waals surface area contributed by atoms with Gasteiger partial charge in [0.25, 0.3) is 0 Å². The zero-order valence-electron chi connectivity index (χ0n) is 8.36. The molecule has 0 radical (unpaired) electrons. The third-order valence-corrected chi connectivity index (χ3v) is 1.82. The summed E-state index contributed by atoms with van der Waals surface area (Å²) < 4.78 is 0. The second kappa shape index (κ2) is 4.51. The minimum atomic E-state index is 0.0891. The largest absolute Gasteiger partial charge is 0.508 e. The van der Waals surface area contributed by atoms with Crippen LogP contribution in [0, 0.1) is 0 Å². The summed E-state index contributed by atoms with van der Waals surface area (Å²) >= 11 is 0. The van der Waals surface area contributed by atoms with Crippen LogP contribution >= 0.6 is 0 Å². The van der Waals surface area contributed by atoms with E-state index in [9.17, 15) is 5.11 Å². The molecule has 0 amide bonds. The fraction of sp³-hybridized carbons (Fsp3) is 0.167. The smallest absolute Gasteiger partial charge is 0.127 e. The molecule has 0 aromatic heterocycles. The summed E-state index contributed by atoms with van der Waals surface area (Å²) in [6.45, 7) is 4.00. The van der Waals surface area contributed by atoms with Crippen molar-refractivity contribution in [3.63, 3.8) is 0 Å². The van der Waals surface area contributed by atoms with Gasteiger partial charge in [-0.05, 0) is 11.5 Å².